The van der Waals surface area contributed by atoms with Gasteiger partial charge >= 0.3 is 0 Å². The van der Waals surface area contributed by atoms with Gasteiger partial charge in [0.05, 0.1) is 23.9 Å². The van der Waals surface area contributed by atoms with Crippen molar-refractivity contribution in [2.24, 2.45) is 4.99 Å². The Kier molecular flexibility index (Phi) is 7.55. The molecule has 0 aliphatic heterocycles. The molecule has 0 saturated heterocycles. The molecule has 0 fully saturated rings. The summed E-state index contributed by atoms with van der Waals surface area (Å²) in [5.74, 6) is 2.11. The zero-order chi connectivity index (χ0) is 20.6. The minimum atomic E-state index is 0.412. The van der Waals surface area contributed by atoms with E-state index in [0.717, 1.165) is 27.0 Å². The summed E-state index contributed by atoms with van der Waals surface area (Å²) in [4.78, 5) is 4.52. The maximum absolute atomic E-state index is 6.02. The minimum Gasteiger partial charge on any atom is -0.497 e. The molecule has 29 heavy (non-hydrogen) atoms. The second-order valence-corrected chi connectivity index (χ2v) is 7.43. The van der Waals surface area contributed by atoms with Gasteiger partial charge in [0.1, 0.15) is 12.4 Å². The van der Waals surface area contributed by atoms with Gasteiger partial charge in [-0.15, -0.1) is 0 Å². The first kappa shape index (κ1) is 21.2. The van der Waals surface area contributed by atoms with Crippen molar-refractivity contribution in [1.82, 2.24) is 0 Å². The van der Waals surface area contributed by atoms with Crippen LogP contribution in [0.5, 0.6) is 17.2 Å². The van der Waals surface area contributed by atoms with Crippen LogP contribution in [0.1, 0.15) is 18.1 Å². The van der Waals surface area contributed by atoms with Crippen LogP contribution >= 0.6 is 27.5 Å². The monoisotopic (exact) mass is 473 g/mol. The molecule has 0 spiro atoms. The van der Waals surface area contributed by atoms with Crippen molar-refractivity contribution in [3.8, 4) is 17.2 Å². The number of ether oxygens (including phenoxy) is 3. The Morgan fingerprint density at radius 3 is 2.38 bits per heavy atom. The molecule has 0 saturated carbocycles. The van der Waals surface area contributed by atoms with E-state index in [9.17, 15) is 0 Å². The molecule has 3 rings (SSSR count). The summed E-state index contributed by atoms with van der Waals surface area (Å²) in [5, 5.41) is 0.699. The summed E-state index contributed by atoms with van der Waals surface area (Å²) in [6.07, 6.45) is 1.79. The van der Waals surface area contributed by atoms with E-state index in [0.29, 0.717) is 29.7 Å². The quantitative estimate of drug-likeness (QED) is 0.336. The van der Waals surface area contributed by atoms with Crippen LogP contribution in [-0.4, -0.2) is 19.9 Å². The number of halogens is 2. The van der Waals surface area contributed by atoms with E-state index in [1.54, 1.807) is 13.3 Å². The second kappa shape index (κ2) is 10.3. The molecule has 0 amide bonds. The summed E-state index contributed by atoms with van der Waals surface area (Å²) in [5.41, 5.74) is 2.76. The lowest BCUT2D eigenvalue weighted by Gasteiger charge is -2.14. The summed E-state index contributed by atoms with van der Waals surface area (Å²) in [6.45, 7) is 2.88. The van der Waals surface area contributed by atoms with Gasteiger partial charge in [0.25, 0.3) is 0 Å². The van der Waals surface area contributed by atoms with Crippen LogP contribution in [-0.2, 0) is 6.61 Å². The molecule has 0 unspecified atom stereocenters. The van der Waals surface area contributed by atoms with Crippen molar-refractivity contribution in [2.75, 3.05) is 13.7 Å². The second-order valence-electron chi connectivity index (χ2n) is 6.13. The highest BCUT2D eigenvalue weighted by Crippen LogP contribution is 2.37. The molecule has 0 radical (unpaired) electrons. The molecule has 0 aromatic heterocycles. The fraction of sp³-hybridized carbons (Fsp3) is 0.174. The van der Waals surface area contributed by atoms with Gasteiger partial charge in [-0.25, -0.2) is 0 Å². The number of methoxy groups -OCH3 is 1. The van der Waals surface area contributed by atoms with Crippen LogP contribution in [0, 0.1) is 0 Å². The van der Waals surface area contributed by atoms with Gasteiger partial charge in [-0.2, -0.15) is 0 Å². The van der Waals surface area contributed by atoms with Crippen molar-refractivity contribution < 1.29 is 14.2 Å². The summed E-state index contributed by atoms with van der Waals surface area (Å²) < 4.78 is 17.8. The van der Waals surface area contributed by atoms with Gasteiger partial charge in [0, 0.05) is 11.2 Å². The highest BCUT2D eigenvalue weighted by molar-refractivity contribution is 9.10. The van der Waals surface area contributed by atoms with E-state index in [1.165, 1.54) is 0 Å². The van der Waals surface area contributed by atoms with Crippen molar-refractivity contribution in [3.63, 3.8) is 0 Å². The molecule has 0 N–H and O–H groups in total. The predicted molar refractivity (Wildman–Crippen MR) is 121 cm³/mol. The summed E-state index contributed by atoms with van der Waals surface area (Å²) >= 11 is 9.53. The fourth-order valence-electron chi connectivity index (χ4n) is 2.62. The average Bonchev–Trinajstić information content (AvgIpc) is 2.73. The third kappa shape index (κ3) is 5.99. The number of benzene rings is 3. The van der Waals surface area contributed by atoms with E-state index < -0.39 is 0 Å². The third-order valence-corrected chi connectivity index (χ3v) is 4.90. The highest BCUT2D eigenvalue weighted by atomic mass is 79.9. The molecule has 0 bridgehead atoms. The summed E-state index contributed by atoms with van der Waals surface area (Å²) in [7, 11) is 1.64. The SMILES string of the molecule is CCOc1cc(C=Nc2ccc(OC)cc2)cc(Br)c1OCc1ccc(Cl)cc1. The Bertz CT molecular complexity index is 973. The van der Waals surface area contributed by atoms with E-state index >= 15 is 0 Å². The average molecular weight is 475 g/mol. The van der Waals surface area contributed by atoms with Gasteiger partial charge in [-0.05, 0) is 82.5 Å². The smallest absolute Gasteiger partial charge is 0.175 e. The van der Waals surface area contributed by atoms with Crippen LogP contribution in [0.15, 0.2) is 70.1 Å². The van der Waals surface area contributed by atoms with Crippen molar-refractivity contribution in [1.29, 1.82) is 0 Å². The number of nitrogens with zero attached hydrogens (tertiary/aromatic N) is 1. The Labute approximate surface area is 184 Å². The van der Waals surface area contributed by atoms with Crippen LogP contribution < -0.4 is 14.2 Å². The Morgan fingerprint density at radius 2 is 1.72 bits per heavy atom. The van der Waals surface area contributed by atoms with Crippen LogP contribution in [0.25, 0.3) is 0 Å². The maximum atomic E-state index is 6.02. The largest absolute Gasteiger partial charge is 0.497 e. The van der Waals surface area contributed by atoms with E-state index in [-0.39, 0.29) is 0 Å². The first-order valence-corrected chi connectivity index (χ1v) is 10.3. The molecule has 3 aromatic rings. The normalized spacial score (nSPS) is 10.9. The van der Waals surface area contributed by atoms with Gasteiger partial charge in [0.2, 0.25) is 0 Å². The lowest BCUT2D eigenvalue weighted by molar-refractivity contribution is 0.267. The maximum Gasteiger partial charge on any atom is 0.175 e. The topological polar surface area (TPSA) is 40.0 Å². The fourth-order valence-corrected chi connectivity index (χ4v) is 3.32. The molecule has 0 aliphatic carbocycles. The summed E-state index contributed by atoms with van der Waals surface area (Å²) in [6, 6.07) is 19.0. The lowest BCUT2D eigenvalue weighted by atomic mass is 10.2. The molecule has 4 nitrogen and oxygen atoms in total. The Balaban J connectivity index is 1.79. The predicted octanol–water partition coefficient (Wildman–Crippen LogP) is 6.84. The van der Waals surface area contributed by atoms with Gasteiger partial charge in [-0.1, -0.05) is 23.7 Å². The van der Waals surface area contributed by atoms with E-state index in [4.69, 9.17) is 25.8 Å². The van der Waals surface area contributed by atoms with Crippen molar-refractivity contribution in [2.45, 2.75) is 13.5 Å². The Hall–Kier alpha value is -2.50. The molecular formula is C23H21BrClNO3. The molecule has 0 atom stereocenters. The lowest BCUT2D eigenvalue weighted by Crippen LogP contribution is -2.01. The number of hydrogen-bond donors (Lipinski definition) is 0. The Morgan fingerprint density at radius 1 is 1.00 bits per heavy atom. The zero-order valence-electron chi connectivity index (χ0n) is 16.2. The van der Waals surface area contributed by atoms with Crippen molar-refractivity contribution in [3.05, 3.63) is 81.3 Å². The van der Waals surface area contributed by atoms with E-state index in [1.807, 2.05) is 67.6 Å². The molecular weight excluding hydrogens is 454 g/mol. The standard InChI is InChI=1S/C23H21BrClNO3/c1-3-28-22-13-17(14-26-19-8-10-20(27-2)11-9-19)12-21(24)23(22)29-15-16-4-6-18(25)7-5-16/h4-14H,3,15H2,1-2H3. The zero-order valence-corrected chi connectivity index (χ0v) is 18.5. The van der Waals surface area contributed by atoms with E-state index in [2.05, 4.69) is 20.9 Å². The highest BCUT2D eigenvalue weighted by Gasteiger charge is 2.12. The van der Waals surface area contributed by atoms with Gasteiger partial charge < -0.3 is 14.2 Å². The molecule has 3 aromatic carbocycles. The molecule has 0 aliphatic rings. The molecule has 0 heterocycles. The van der Waals surface area contributed by atoms with Crippen molar-refractivity contribution >= 4 is 39.4 Å². The molecule has 6 heteroatoms. The first-order valence-electron chi connectivity index (χ1n) is 9.10. The number of hydrogen-bond acceptors (Lipinski definition) is 4. The first-order chi connectivity index (χ1) is 14.1. The number of aliphatic imine (C=N–C) groups is 1. The molecule has 150 valence electrons. The number of rotatable bonds is 8. The van der Waals surface area contributed by atoms with Crippen LogP contribution in [0.3, 0.4) is 0 Å². The van der Waals surface area contributed by atoms with Crippen LogP contribution in [0.2, 0.25) is 5.02 Å². The van der Waals surface area contributed by atoms with Gasteiger partial charge in [-0.3, -0.25) is 4.99 Å². The minimum absolute atomic E-state index is 0.412. The third-order valence-electron chi connectivity index (χ3n) is 4.06. The van der Waals surface area contributed by atoms with Crippen LogP contribution in [0.4, 0.5) is 5.69 Å². The van der Waals surface area contributed by atoms with Gasteiger partial charge in [0.15, 0.2) is 11.5 Å².